The van der Waals surface area contributed by atoms with E-state index >= 15 is 0 Å². The summed E-state index contributed by atoms with van der Waals surface area (Å²) in [5.74, 6) is 0. The van der Waals surface area contributed by atoms with Gasteiger partial charge in [-0.25, -0.2) is 0 Å². The summed E-state index contributed by atoms with van der Waals surface area (Å²) in [5, 5.41) is 13.9. The third-order valence-electron chi connectivity index (χ3n) is 2.30. The van der Waals surface area contributed by atoms with E-state index in [9.17, 15) is 5.21 Å². The molecule has 2 rings (SSSR count). The lowest BCUT2D eigenvalue weighted by Gasteiger charge is -1.94. The van der Waals surface area contributed by atoms with Gasteiger partial charge in [-0.1, -0.05) is 36.4 Å². The molecule has 0 saturated carbocycles. The molecule has 0 aliphatic heterocycles. The Morgan fingerprint density at radius 1 is 0.938 bits per heavy atom. The Hall–Kier alpha value is -2.16. The molecule has 80 valence electrons. The van der Waals surface area contributed by atoms with Gasteiger partial charge in [0.15, 0.2) is 0 Å². The zero-order chi connectivity index (χ0) is 11.4. The lowest BCUT2D eigenvalue weighted by molar-refractivity contribution is -0.761. The van der Waals surface area contributed by atoms with Gasteiger partial charge in [0.05, 0.1) is 5.11 Å². The molecule has 0 amide bonds. The van der Waals surface area contributed by atoms with Crippen molar-refractivity contribution in [2.75, 3.05) is 0 Å². The van der Waals surface area contributed by atoms with Gasteiger partial charge in [-0.05, 0) is 19.1 Å². The predicted octanol–water partition coefficient (Wildman–Crippen LogP) is 3.81. The first-order chi connectivity index (χ1) is 7.77. The number of hydrogen-bond donors (Lipinski definition) is 1. The summed E-state index contributed by atoms with van der Waals surface area (Å²) in [5.41, 5.74) is 2.38. The molecule has 0 aliphatic rings. The minimum atomic E-state index is 0.686. The SMILES string of the molecule is Cc1ccccc1[N+](O)=Nc1ccccc1. The number of azo groups is 1. The third kappa shape index (κ3) is 2.25. The molecule has 1 N–H and O–H groups in total. The van der Waals surface area contributed by atoms with E-state index in [4.69, 9.17) is 0 Å². The summed E-state index contributed by atoms with van der Waals surface area (Å²) < 4.78 is 0. The van der Waals surface area contributed by atoms with Crippen molar-refractivity contribution in [3.8, 4) is 0 Å². The molecule has 3 nitrogen and oxygen atoms in total. The number of rotatable bonds is 2. The zero-order valence-electron chi connectivity index (χ0n) is 9.04. The maximum Gasteiger partial charge on any atom is 0.292 e. The monoisotopic (exact) mass is 213 g/mol. The summed E-state index contributed by atoms with van der Waals surface area (Å²) >= 11 is 0. The third-order valence-corrected chi connectivity index (χ3v) is 2.30. The van der Waals surface area contributed by atoms with Crippen molar-refractivity contribution in [3.05, 3.63) is 60.2 Å². The maximum atomic E-state index is 9.82. The lowest BCUT2D eigenvalue weighted by atomic mass is 10.2. The van der Waals surface area contributed by atoms with Gasteiger partial charge in [0.25, 0.3) is 5.69 Å². The van der Waals surface area contributed by atoms with Gasteiger partial charge >= 0.3 is 0 Å². The Morgan fingerprint density at radius 3 is 2.25 bits per heavy atom. The number of aryl methyl sites for hydroxylation is 1. The second-order valence-corrected chi connectivity index (χ2v) is 3.51. The fourth-order valence-electron chi connectivity index (χ4n) is 1.45. The quantitative estimate of drug-likeness (QED) is 0.459. The first kappa shape index (κ1) is 10.4. The first-order valence-electron chi connectivity index (χ1n) is 5.09. The van der Waals surface area contributed by atoms with E-state index in [0.29, 0.717) is 11.4 Å². The number of hydrogen-bond acceptors (Lipinski definition) is 1. The Labute approximate surface area is 94.3 Å². The van der Waals surface area contributed by atoms with E-state index in [1.165, 1.54) is 0 Å². The van der Waals surface area contributed by atoms with Crippen molar-refractivity contribution in [2.45, 2.75) is 6.92 Å². The molecule has 0 bridgehead atoms. The van der Waals surface area contributed by atoms with Crippen LogP contribution in [0.4, 0.5) is 11.4 Å². The highest BCUT2D eigenvalue weighted by Gasteiger charge is 2.12. The van der Waals surface area contributed by atoms with Crippen LogP contribution >= 0.6 is 0 Å². The largest absolute Gasteiger partial charge is 0.292 e. The number of nitrogens with zero attached hydrogens (tertiary/aromatic N) is 2. The normalized spacial score (nSPS) is 11.4. The topological polar surface area (TPSA) is 35.6 Å². The molecule has 16 heavy (non-hydrogen) atoms. The Balaban J connectivity index is 2.36. The van der Waals surface area contributed by atoms with E-state index in [-0.39, 0.29) is 0 Å². The van der Waals surface area contributed by atoms with E-state index in [1.807, 2.05) is 61.5 Å². The fourth-order valence-corrected chi connectivity index (χ4v) is 1.45. The Kier molecular flexibility index (Phi) is 2.96. The maximum absolute atomic E-state index is 9.82. The smallest absolute Gasteiger partial charge is 0.259 e. The molecule has 0 aliphatic carbocycles. The summed E-state index contributed by atoms with van der Waals surface area (Å²) in [6, 6.07) is 16.9. The molecule has 2 aromatic carbocycles. The van der Waals surface area contributed by atoms with Crippen LogP contribution in [0.5, 0.6) is 0 Å². The van der Waals surface area contributed by atoms with Crippen molar-refractivity contribution in [2.24, 2.45) is 5.11 Å². The molecule has 0 atom stereocenters. The van der Waals surface area contributed by atoms with Crippen molar-refractivity contribution in [1.82, 2.24) is 0 Å². The molecule has 0 fully saturated rings. The molecule has 0 unspecified atom stereocenters. The molecule has 2 aromatic rings. The van der Waals surface area contributed by atoms with Crippen LogP contribution in [-0.4, -0.2) is 10.1 Å². The molecular weight excluding hydrogens is 200 g/mol. The van der Waals surface area contributed by atoms with E-state index in [0.717, 1.165) is 10.4 Å². The predicted molar refractivity (Wildman–Crippen MR) is 61.4 cm³/mol. The molecule has 0 spiro atoms. The van der Waals surface area contributed by atoms with Gasteiger partial charge in [0.1, 0.15) is 10.5 Å². The van der Waals surface area contributed by atoms with Gasteiger partial charge in [-0.3, -0.25) is 5.21 Å². The summed E-state index contributed by atoms with van der Waals surface area (Å²) in [4.78, 5) is 0.907. The van der Waals surface area contributed by atoms with Crippen LogP contribution in [0.3, 0.4) is 0 Å². The highest BCUT2D eigenvalue weighted by Crippen LogP contribution is 2.19. The van der Waals surface area contributed by atoms with Crippen LogP contribution in [-0.2, 0) is 0 Å². The van der Waals surface area contributed by atoms with Crippen LogP contribution in [0.1, 0.15) is 5.56 Å². The van der Waals surface area contributed by atoms with E-state index in [1.54, 1.807) is 0 Å². The van der Waals surface area contributed by atoms with Crippen LogP contribution in [0.15, 0.2) is 59.7 Å². The number of para-hydroxylation sites is 1. The molecule has 0 saturated heterocycles. The highest BCUT2D eigenvalue weighted by atomic mass is 16.5. The van der Waals surface area contributed by atoms with E-state index < -0.39 is 0 Å². The summed E-state index contributed by atoms with van der Waals surface area (Å²) in [6.45, 7) is 1.93. The lowest BCUT2D eigenvalue weighted by Crippen LogP contribution is -1.96. The first-order valence-corrected chi connectivity index (χ1v) is 5.09. The minimum absolute atomic E-state index is 0.686. The summed E-state index contributed by atoms with van der Waals surface area (Å²) in [6.07, 6.45) is 0. The van der Waals surface area contributed by atoms with Crippen LogP contribution in [0.25, 0.3) is 0 Å². The Morgan fingerprint density at radius 2 is 1.56 bits per heavy atom. The molecule has 0 radical (unpaired) electrons. The van der Waals surface area contributed by atoms with Gasteiger partial charge in [0.2, 0.25) is 0 Å². The van der Waals surface area contributed by atoms with Crippen molar-refractivity contribution in [1.29, 1.82) is 0 Å². The van der Waals surface area contributed by atoms with Crippen molar-refractivity contribution in [3.63, 3.8) is 0 Å². The fraction of sp³-hybridized carbons (Fsp3) is 0.0769. The standard InChI is InChI=1S/C13H13N2O/c1-11-7-5-6-10-13(11)15(16)14-12-8-3-2-4-9-12/h2-10H,1H3,(H,14,16)/q+1. The molecule has 3 heteroatoms. The molecule has 0 heterocycles. The second-order valence-electron chi connectivity index (χ2n) is 3.51. The van der Waals surface area contributed by atoms with Gasteiger partial charge in [0, 0.05) is 11.6 Å². The number of benzene rings is 2. The average molecular weight is 213 g/mol. The Bertz CT molecular complexity index is 506. The van der Waals surface area contributed by atoms with E-state index in [2.05, 4.69) is 5.11 Å². The summed E-state index contributed by atoms with van der Waals surface area (Å²) in [7, 11) is 0. The van der Waals surface area contributed by atoms with Crippen molar-refractivity contribution < 1.29 is 10.1 Å². The van der Waals surface area contributed by atoms with Crippen LogP contribution < -0.4 is 0 Å². The van der Waals surface area contributed by atoms with Crippen LogP contribution in [0.2, 0.25) is 0 Å². The second kappa shape index (κ2) is 4.57. The van der Waals surface area contributed by atoms with Crippen molar-refractivity contribution >= 4 is 11.4 Å². The molecular formula is C13H13N2O+. The molecule has 0 aromatic heterocycles. The van der Waals surface area contributed by atoms with Gasteiger partial charge < -0.3 is 0 Å². The van der Waals surface area contributed by atoms with Crippen LogP contribution in [0, 0.1) is 6.92 Å². The van der Waals surface area contributed by atoms with Gasteiger partial charge in [-0.15, -0.1) is 0 Å². The zero-order valence-corrected chi connectivity index (χ0v) is 9.04. The van der Waals surface area contributed by atoms with Gasteiger partial charge in [-0.2, -0.15) is 0 Å². The highest BCUT2D eigenvalue weighted by molar-refractivity contribution is 5.39. The minimum Gasteiger partial charge on any atom is -0.259 e. The average Bonchev–Trinajstić information content (AvgIpc) is 2.31.